The van der Waals surface area contributed by atoms with Crippen LogP contribution in [0, 0.1) is 6.92 Å². The smallest absolute Gasteiger partial charge is 0.195 e. The van der Waals surface area contributed by atoms with E-state index in [1.807, 2.05) is 11.9 Å². The molecule has 31 heavy (non-hydrogen) atoms. The Balaban J connectivity index is 1.43. The number of nitrogens with zero attached hydrogens (tertiary/aromatic N) is 4. The molecule has 1 aromatic carbocycles. The molecule has 4 heterocycles. The Morgan fingerprint density at radius 1 is 1.29 bits per heavy atom. The number of hydrogen-bond donors (Lipinski definition) is 2. The van der Waals surface area contributed by atoms with Crippen molar-refractivity contribution in [1.29, 1.82) is 0 Å². The summed E-state index contributed by atoms with van der Waals surface area (Å²) in [6, 6.07) is 2.80. The average molecular weight is 425 g/mol. The standard InChI is InChI=1S/C22H24FN5O3/c1-11-10-31-18-8-13(17(29)7-14(18)21(11)30)22-24-9-19(26-27-22)28(2)16-6-12-4-3-5-15(25-12)20(16)23/h7-10,12,15-16,20,25,29H,3-6H2,1-2H3/t12?,15?,16-,20+/m1/s1. The van der Waals surface area contributed by atoms with E-state index >= 15 is 4.39 Å². The minimum atomic E-state index is -0.987. The Kier molecular flexibility index (Phi) is 4.85. The lowest BCUT2D eigenvalue weighted by atomic mass is 9.82. The van der Waals surface area contributed by atoms with Crippen LogP contribution in [0.15, 0.2) is 33.8 Å². The fourth-order valence-electron chi connectivity index (χ4n) is 4.72. The summed E-state index contributed by atoms with van der Waals surface area (Å²) in [5.74, 6) is 0.529. The number of phenols is 1. The maximum Gasteiger partial charge on any atom is 0.195 e. The van der Waals surface area contributed by atoms with E-state index in [1.165, 1.54) is 24.6 Å². The number of aromatic nitrogens is 3. The highest BCUT2D eigenvalue weighted by Crippen LogP contribution is 2.33. The van der Waals surface area contributed by atoms with E-state index in [1.54, 1.807) is 6.92 Å². The summed E-state index contributed by atoms with van der Waals surface area (Å²) < 4.78 is 20.5. The van der Waals surface area contributed by atoms with Gasteiger partial charge >= 0.3 is 0 Å². The van der Waals surface area contributed by atoms with Gasteiger partial charge < -0.3 is 19.7 Å². The van der Waals surface area contributed by atoms with E-state index < -0.39 is 6.17 Å². The first-order valence-electron chi connectivity index (χ1n) is 10.5. The Bertz CT molecular complexity index is 1180. The lowest BCUT2D eigenvalue weighted by Gasteiger charge is -2.45. The Morgan fingerprint density at radius 2 is 2.13 bits per heavy atom. The monoisotopic (exact) mass is 425 g/mol. The molecule has 0 radical (unpaired) electrons. The molecule has 2 aliphatic heterocycles. The van der Waals surface area contributed by atoms with Crippen molar-refractivity contribution in [3.8, 4) is 17.1 Å². The fraction of sp³-hybridized carbons (Fsp3) is 0.455. The van der Waals surface area contributed by atoms with Crippen LogP contribution in [-0.4, -0.2) is 51.6 Å². The van der Waals surface area contributed by atoms with Crippen LogP contribution >= 0.6 is 0 Å². The van der Waals surface area contributed by atoms with Crippen LogP contribution in [0.5, 0.6) is 5.75 Å². The highest BCUT2D eigenvalue weighted by atomic mass is 19.1. The number of alkyl halides is 1. The molecule has 0 amide bonds. The molecule has 2 aliphatic rings. The van der Waals surface area contributed by atoms with Gasteiger partial charge in [-0.3, -0.25) is 4.79 Å². The van der Waals surface area contributed by atoms with Gasteiger partial charge in [-0.1, -0.05) is 6.42 Å². The predicted molar refractivity (Wildman–Crippen MR) is 114 cm³/mol. The lowest BCUT2D eigenvalue weighted by molar-refractivity contribution is 0.107. The van der Waals surface area contributed by atoms with Gasteiger partial charge in [0.2, 0.25) is 0 Å². The van der Waals surface area contributed by atoms with Crippen LogP contribution in [0.4, 0.5) is 10.2 Å². The first-order chi connectivity index (χ1) is 14.9. The second-order valence-corrected chi connectivity index (χ2v) is 8.51. The van der Waals surface area contributed by atoms with Crippen LogP contribution in [0.3, 0.4) is 0 Å². The predicted octanol–water partition coefficient (Wildman–Crippen LogP) is 2.72. The van der Waals surface area contributed by atoms with Crippen LogP contribution in [-0.2, 0) is 0 Å². The van der Waals surface area contributed by atoms with Gasteiger partial charge in [-0.15, -0.1) is 10.2 Å². The van der Waals surface area contributed by atoms with Gasteiger partial charge in [0.05, 0.1) is 29.5 Å². The number of aromatic hydroxyl groups is 1. The molecule has 9 heteroatoms. The fourth-order valence-corrected chi connectivity index (χ4v) is 4.72. The Labute approximate surface area is 178 Å². The SMILES string of the molecule is Cc1coc2cc(-c3ncc(N(C)[C@@H]4CC5CCCC(N5)[C@@H]4F)nn3)c(O)cc2c1=O. The molecular formula is C22H24FN5O3. The molecule has 3 aromatic rings. The van der Waals surface area contributed by atoms with Crippen molar-refractivity contribution in [1.82, 2.24) is 20.5 Å². The minimum Gasteiger partial charge on any atom is -0.507 e. The maximum atomic E-state index is 15.0. The molecule has 8 nitrogen and oxygen atoms in total. The van der Waals surface area contributed by atoms with Gasteiger partial charge in [0.1, 0.15) is 17.5 Å². The third kappa shape index (κ3) is 3.42. The van der Waals surface area contributed by atoms with E-state index in [2.05, 4.69) is 20.5 Å². The number of aryl methyl sites for hydroxylation is 1. The number of phenolic OH excluding ortho intramolecular Hbond substituents is 1. The number of halogens is 1. The highest BCUT2D eigenvalue weighted by molar-refractivity contribution is 5.85. The second-order valence-electron chi connectivity index (χ2n) is 8.51. The van der Waals surface area contributed by atoms with Crippen molar-refractivity contribution >= 4 is 16.8 Å². The van der Waals surface area contributed by atoms with Gasteiger partial charge in [0.25, 0.3) is 0 Å². The molecule has 0 saturated carbocycles. The summed E-state index contributed by atoms with van der Waals surface area (Å²) in [5.41, 5.74) is 0.889. The molecule has 2 bridgehead atoms. The zero-order valence-corrected chi connectivity index (χ0v) is 17.4. The number of fused-ring (bicyclic) bond motifs is 3. The molecule has 5 rings (SSSR count). The summed E-state index contributed by atoms with van der Waals surface area (Å²) in [5, 5.41) is 22.5. The van der Waals surface area contributed by atoms with Crippen molar-refractivity contribution in [3.63, 3.8) is 0 Å². The molecule has 2 N–H and O–H groups in total. The number of piperidine rings is 2. The maximum absolute atomic E-state index is 15.0. The first-order valence-corrected chi connectivity index (χ1v) is 10.5. The summed E-state index contributed by atoms with van der Waals surface area (Å²) in [4.78, 5) is 18.4. The molecule has 2 fully saturated rings. The molecular weight excluding hydrogens is 401 g/mol. The van der Waals surface area contributed by atoms with Crippen molar-refractivity contribution in [2.45, 2.75) is 56.9 Å². The summed E-state index contributed by atoms with van der Waals surface area (Å²) in [6.07, 6.45) is 5.60. The van der Waals surface area contributed by atoms with Gasteiger partial charge in [-0.2, -0.15) is 0 Å². The van der Waals surface area contributed by atoms with Gasteiger partial charge in [0.15, 0.2) is 17.1 Å². The molecule has 0 spiro atoms. The van der Waals surface area contributed by atoms with Crippen molar-refractivity contribution < 1.29 is 13.9 Å². The second kappa shape index (κ2) is 7.56. The van der Waals surface area contributed by atoms with Crippen LogP contribution in [0.2, 0.25) is 0 Å². The van der Waals surface area contributed by atoms with Gasteiger partial charge in [-0.05, 0) is 38.3 Å². The average Bonchev–Trinajstić information content (AvgIpc) is 2.79. The van der Waals surface area contributed by atoms with E-state index in [0.717, 1.165) is 19.3 Å². The highest BCUT2D eigenvalue weighted by Gasteiger charge is 2.42. The Morgan fingerprint density at radius 3 is 2.90 bits per heavy atom. The summed E-state index contributed by atoms with van der Waals surface area (Å²) in [7, 11) is 1.81. The van der Waals surface area contributed by atoms with Crippen LogP contribution in [0.1, 0.15) is 31.2 Å². The summed E-state index contributed by atoms with van der Waals surface area (Å²) in [6.45, 7) is 1.65. The number of nitrogens with one attached hydrogen (secondary N) is 1. The van der Waals surface area contributed by atoms with Gasteiger partial charge in [-0.25, -0.2) is 9.37 Å². The molecule has 162 valence electrons. The number of rotatable bonds is 3. The van der Waals surface area contributed by atoms with Gasteiger partial charge in [0, 0.05) is 24.7 Å². The summed E-state index contributed by atoms with van der Waals surface area (Å²) >= 11 is 0. The number of hydrogen-bond acceptors (Lipinski definition) is 8. The number of anilines is 1. The first kappa shape index (κ1) is 19.9. The zero-order chi connectivity index (χ0) is 21.7. The van der Waals surface area contributed by atoms with Crippen LogP contribution < -0.4 is 15.6 Å². The third-order valence-corrected chi connectivity index (χ3v) is 6.51. The quantitative estimate of drug-likeness (QED) is 0.660. The number of benzene rings is 1. The molecule has 2 aromatic heterocycles. The third-order valence-electron chi connectivity index (χ3n) is 6.51. The lowest BCUT2D eigenvalue weighted by Crippen LogP contribution is -2.61. The topological polar surface area (TPSA) is 104 Å². The normalized spacial score (nSPS) is 25.5. The minimum absolute atomic E-state index is 0.118. The van der Waals surface area contributed by atoms with E-state index in [-0.39, 0.29) is 34.5 Å². The van der Waals surface area contributed by atoms with Crippen molar-refractivity contribution in [2.24, 2.45) is 0 Å². The van der Waals surface area contributed by atoms with E-state index in [9.17, 15) is 9.90 Å². The molecule has 4 atom stereocenters. The largest absolute Gasteiger partial charge is 0.507 e. The Hall–Kier alpha value is -3.07. The van der Waals surface area contributed by atoms with E-state index in [0.29, 0.717) is 35.0 Å². The zero-order valence-electron chi connectivity index (χ0n) is 17.4. The molecule has 2 saturated heterocycles. The van der Waals surface area contributed by atoms with Crippen molar-refractivity contribution in [3.05, 3.63) is 40.4 Å². The van der Waals surface area contributed by atoms with Crippen molar-refractivity contribution in [2.75, 3.05) is 11.9 Å². The van der Waals surface area contributed by atoms with E-state index in [4.69, 9.17) is 4.42 Å². The van der Waals surface area contributed by atoms with Crippen LogP contribution in [0.25, 0.3) is 22.4 Å². The molecule has 0 aliphatic carbocycles. The molecule has 2 unspecified atom stereocenters.